The van der Waals surface area contributed by atoms with Crippen molar-refractivity contribution in [3.05, 3.63) is 33.7 Å². The van der Waals surface area contributed by atoms with Crippen molar-refractivity contribution in [1.29, 1.82) is 0 Å². The normalized spacial score (nSPS) is 12.2. The zero-order valence-electron chi connectivity index (χ0n) is 10.6. The Labute approximate surface area is 111 Å². The van der Waals surface area contributed by atoms with Crippen molar-refractivity contribution in [2.75, 3.05) is 0 Å². The van der Waals surface area contributed by atoms with Crippen LogP contribution in [0.3, 0.4) is 0 Å². The molecule has 1 atom stereocenters. The van der Waals surface area contributed by atoms with E-state index in [1.54, 1.807) is 6.92 Å². The van der Waals surface area contributed by atoms with Crippen LogP contribution in [0.4, 0.5) is 0 Å². The van der Waals surface area contributed by atoms with Gasteiger partial charge in [0.1, 0.15) is 5.56 Å². The second kappa shape index (κ2) is 5.77. The van der Waals surface area contributed by atoms with Gasteiger partial charge in [-0.3, -0.25) is 9.59 Å². The fourth-order valence-electron chi connectivity index (χ4n) is 1.54. The van der Waals surface area contributed by atoms with Gasteiger partial charge in [-0.2, -0.15) is 0 Å². The number of carbonyl (C=O) groups is 1. The fraction of sp³-hybridized carbons (Fsp3) is 0.417. The number of amides is 1. The van der Waals surface area contributed by atoms with Crippen LogP contribution in [0.1, 0.15) is 29.9 Å². The molecule has 0 saturated carbocycles. The molecule has 0 radical (unpaired) electrons. The van der Waals surface area contributed by atoms with Crippen LogP contribution in [0.25, 0.3) is 0 Å². The molecule has 0 aliphatic carbocycles. The molecular formula is C12H17N3O2S. The van der Waals surface area contributed by atoms with Crippen LogP contribution in [-0.2, 0) is 0 Å². The van der Waals surface area contributed by atoms with Gasteiger partial charge in [-0.05, 0) is 12.8 Å². The molecule has 5 nitrogen and oxygen atoms in total. The largest absolute Gasteiger partial charge is 0.392 e. The number of rotatable bonds is 4. The molecule has 6 heteroatoms. The molecule has 0 aliphatic rings. The molecule has 18 heavy (non-hydrogen) atoms. The highest BCUT2D eigenvalue weighted by Crippen LogP contribution is 2.03. The third-order valence-corrected chi connectivity index (χ3v) is 2.82. The Hall–Kier alpha value is -1.69. The number of aryl methyl sites for hydroxylation is 1. The lowest BCUT2D eigenvalue weighted by Crippen LogP contribution is -2.47. The average molecular weight is 267 g/mol. The molecule has 1 aromatic rings. The molecule has 0 aliphatic heterocycles. The number of nitrogens with one attached hydrogen (secondary N) is 2. The van der Waals surface area contributed by atoms with Gasteiger partial charge in [0.2, 0.25) is 0 Å². The van der Waals surface area contributed by atoms with Crippen LogP contribution in [0, 0.1) is 12.8 Å². The highest BCUT2D eigenvalue weighted by Gasteiger charge is 2.20. The van der Waals surface area contributed by atoms with Crippen molar-refractivity contribution >= 4 is 23.1 Å². The SMILES string of the molecule is Cc1cc(=O)c(C(=O)NC(C(N)=S)C(C)C)c[nH]1. The quantitative estimate of drug-likeness (QED) is 0.702. The van der Waals surface area contributed by atoms with Crippen molar-refractivity contribution in [2.24, 2.45) is 11.7 Å². The topological polar surface area (TPSA) is 88.0 Å². The number of hydrogen-bond acceptors (Lipinski definition) is 3. The van der Waals surface area contributed by atoms with Gasteiger partial charge < -0.3 is 16.0 Å². The number of aromatic nitrogens is 1. The lowest BCUT2D eigenvalue weighted by atomic mass is 10.0. The third-order valence-electron chi connectivity index (χ3n) is 2.56. The number of H-pyrrole nitrogens is 1. The minimum Gasteiger partial charge on any atom is -0.392 e. The first-order chi connectivity index (χ1) is 8.32. The number of aromatic amines is 1. The highest BCUT2D eigenvalue weighted by molar-refractivity contribution is 7.80. The summed E-state index contributed by atoms with van der Waals surface area (Å²) in [5.41, 5.74) is 5.99. The van der Waals surface area contributed by atoms with Gasteiger partial charge in [-0.1, -0.05) is 26.1 Å². The van der Waals surface area contributed by atoms with Crippen LogP contribution >= 0.6 is 12.2 Å². The third kappa shape index (κ3) is 3.40. The van der Waals surface area contributed by atoms with Crippen molar-refractivity contribution in [1.82, 2.24) is 10.3 Å². The molecule has 1 unspecified atom stereocenters. The molecule has 1 amide bonds. The standard InChI is InChI=1S/C12H17N3O2S/c1-6(2)10(11(13)18)15-12(17)8-5-14-7(3)4-9(8)16/h4-6,10H,1-3H3,(H2,13,18)(H,14,16)(H,15,17). The van der Waals surface area contributed by atoms with E-state index in [1.807, 2.05) is 13.8 Å². The zero-order chi connectivity index (χ0) is 13.9. The van der Waals surface area contributed by atoms with Crippen LogP contribution in [0.5, 0.6) is 0 Å². The second-order valence-corrected chi connectivity index (χ2v) is 4.96. The molecule has 1 aromatic heterocycles. The molecule has 0 fully saturated rings. The Balaban J connectivity index is 2.94. The molecule has 1 heterocycles. The number of hydrogen-bond donors (Lipinski definition) is 3. The van der Waals surface area contributed by atoms with E-state index in [4.69, 9.17) is 18.0 Å². The first-order valence-electron chi connectivity index (χ1n) is 5.62. The van der Waals surface area contributed by atoms with E-state index >= 15 is 0 Å². The van der Waals surface area contributed by atoms with E-state index in [9.17, 15) is 9.59 Å². The van der Waals surface area contributed by atoms with Gasteiger partial charge in [-0.25, -0.2) is 0 Å². The van der Waals surface area contributed by atoms with Crippen molar-refractivity contribution < 1.29 is 4.79 Å². The summed E-state index contributed by atoms with van der Waals surface area (Å²) in [7, 11) is 0. The Kier molecular flexibility index (Phi) is 4.61. The predicted octanol–water partition coefficient (Wildman–Crippen LogP) is 0.724. The minimum atomic E-state index is -0.470. The summed E-state index contributed by atoms with van der Waals surface area (Å²) >= 11 is 4.89. The summed E-state index contributed by atoms with van der Waals surface area (Å²) in [4.78, 5) is 26.6. The van der Waals surface area contributed by atoms with E-state index in [0.29, 0.717) is 5.69 Å². The van der Waals surface area contributed by atoms with E-state index in [0.717, 1.165) is 0 Å². The highest BCUT2D eigenvalue weighted by atomic mass is 32.1. The molecule has 0 saturated heterocycles. The first-order valence-corrected chi connectivity index (χ1v) is 6.03. The molecule has 1 rings (SSSR count). The Morgan fingerprint density at radius 3 is 2.56 bits per heavy atom. The van der Waals surface area contributed by atoms with Crippen LogP contribution < -0.4 is 16.5 Å². The summed E-state index contributed by atoms with van der Waals surface area (Å²) in [5, 5.41) is 2.67. The first kappa shape index (κ1) is 14.4. The van der Waals surface area contributed by atoms with Gasteiger partial charge in [0.25, 0.3) is 5.91 Å². The summed E-state index contributed by atoms with van der Waals surface area (Å²) in [6.07, 6.45) is 1.39. The van der Waals surface area contributed by atoms with Gasteiger partial charge in [0, 0.05) is 18.0 Å². The zero-order valence-corrected chi connectivity index (χ0v) is 11.4. The Morgan fingerprint density at radius 1 is 1.50 bits per heavy atom. The lowest BCUT2D eigenvalue weighted by molar-refractivity contribution is 0.0938. The molecule has 98 valence electrons. The van der Waals surface area contributed by atoms with Crippen LogP contribution in [0.2, 0.25) is 0 Å². The lowest BCUT2D eigenvalue weighted by Gasteiger charge is -2.20. The maximum atomic E-state index is 11.9. The van der Waals surface area contributed by atoms with Crippen molar-refractivity contribution in [3.8, 4) is 0 Å². The van der Waals surface area contributed by atoms with Gasteiger partial charge >= 0.3 is 0 Å². The van der Waals surface area contributed by atoms with Crippen LogP contribution in [-0.4, -0.2) is 21.9 Å². The Morgan fingerprint density at radius 2 is 2.11 bits per heavy atom. The average Bonchev–Trinajstić information content (AvgIpc) is 2.24. The summed E-state index contributed by atoms with van der Waals surface area (Å²) < 4.78 is 0. The predicted molar refractivity (Wildman–Crippen MR) is 74.7 cm³/mol. The van der Waals surface area contributed by atoms with E-state index in [-0.39, 0.29) is 21.9 Å². The summed E-state index contributed by atoms with van der Waals surface area (Å²) in [6, 6.07) is 0.952. The van der Waals surface area contributed by atoms with E-state index in [2.05, 4.69) is 10.3 Å². The van der Waals surface area contributed by atoms with Crippen LogP contribution in [0.15, 0.2) is 17.1 Å². The van der Waals surface area contributed by atoms with E-state index < -0.39 is 11.9 Å². The minimum absolute atomic E-state index is 0.0579. The summed E-state index contributed by atoms with van der Waals surface area (Å²) in [6.45, 7) is 5.53. The second-order valence-electron chi connectivity index (χ2n) is 4.49. The number of nitrogens with two attached hydrogens (primary N) is 1. The number of pyridine rings is 1. The monoisotopic (exact) mass is 267 g/mol. The molecule has 0 aromatic carbocycles. The van der Waals surface area contributed by atoms with Crippen molar-refractivity contribution in [3.63, 3.8) is 0 Å². The smallest absolute Gasteiger partial charge is 0.257 e. The fourth-order valence-corrected chi connectivity index (χ4v) is 1.87. The molecule has 4 N–H and O–H groups in total. The maximum Gasteiger partial charge on any atom is 0.257 e. The molecule has 0 spiro atoms. The van der Waals surface area contributed by atoms with Gasteiger partial charge in [0.05, 0.1) is 11.0 Å². The molecule has 0 bridgehead atoms. The summed E-state index contributed by atoms with van der Waals surface area (Å²) in [5.74, 6) is -0.404. The van der Waals surface area contributed by atoms with Gasteiger partial charge in [-0.15, -0.1) is 0 Å². The number of carbonyl (C=O) groups excluding carboxylic acids is 1. The Bertz CT molecular complexity index is 522. The van der Waals surface area contributed by atoms with E-state index in [1.165, 1.54) is 12.3 Å². The molecular weight excluding hydrogens is 250 g/mol. The van der Waals surface area contributed by atoms with Crippen molar-refractivity contribution in [2.45, 2.75) is 26.8 Å². The maximum absolute atomic E-state index is 11.9. The number of thiocarbonyl (C=S) groups is 1. The van der Waals surface area contributed by atoms with Gasteiger partial charge in [0.15, 0.2) is 5.43 Å².